The minimum Gasteiger partial charge on any atom is -0.497 e. The maximum absolute atomic E-state index is 6.07. The van der Waals surface area contributed by atoms with Gasteiger partial charge in [-0.3, -0.25) is 0 Å². The first-order chi connectivity index (χ1) is 11.7. The molecule has 2 heterocycles. The van der Waals surface area contributed by atoms with E-state index < -0.39 is 0 Å². The molecule has 7 heteroatoms. The van der Waals surface area contributed by atoms with Crippen molar-refractivity contribution in [1.82, 2.24) is 14.8 Å². The number of aliphatic imine (C=N–C) groups is 1. The summed E-state index contributed by atoms with van der Waals surface area (Å²) in [6, 6.07) is 17.4. The van der Waals surface area contributed by atoms with Crippen molar-refractivity contribution in [2.75, 3.05) is 12.4 Å². The van der Waals surface area contributed by atoms with Gasteiger partial charge in [0.2, 0.25) is 11.9 Å². The SMILES string of the molecule is COc1ccc(C2N=C(N)n3nc(-c4ccccc4)nc3N2)cc1. The lowest BCUT2D eigenvalue weighted by atomic mass is 10.1. The zero-order valence-electron chi connectivity index (χ0n) is 13.0. The number of rotatable bonds is 3. The maximum atomic E-state index is 6.07. The van der Waals surface area contributed by atoms with Crippen LogP contribution in [0.1, 0.15) is 11.7 Å². The average Bonchev–Trinajstić information content (AvgIpc) is 3.07. The van der Waals surface area contributed by atoms with Gasteiger partial charge in [-0.2, -0.15) is 9.67 Å². The van der Waals surface area contributed by atoms with Crippen LogP contribution in [-0.4, -0.2) is 27.8 Å². The van der Waals surface area contributed by atoms with E-state index in [4.69, 9.17) is 10.5 Å². The lowest BCUT2D eigenvalue weighted by Gasteiger charge is -2.21. The Bertz CT molecular complexity index is 885. The summed E-state index contributed by atoms with van der Waals surface area (Å²) in [7, 11) is 1.64. The number of nitrogens with two attached hydrogens (primary N) is 1. The highest BCUT2D eigenvalue weighted by atomic mass is 16.5. The molecule has 1 aliphatic heterocycles. The standard InChI is InChI=1S/C17H16N6O/c1-24-13-9-7-12(8-10-13)14-19-16(18)23-17(20-14)21-15(22-23)11-5-3-2-4-6-11/h2-10,14H,1H3,(H2,18,19)(H,20,21,22). The highest BCUT2D eigenvalue weighted by molar-refractivity contribution is 5.84. The number of benzene rings is 2. The molecule has 3 aromatic rings. The van der Waals surface area contributed by atoms with Crippen LogP contribution in [-0.2, 0) is 0 Å². The summed E-state index contributed by atoms with van der Waals surface area (Å²) in [6.07, 6.45) is -0.309. The highest BCUT2D eigenvalue weighted by Gasteiger charge is 2.23. The quantitative estimate of drug-likeness (QED) is 0.772. The number of hydrogen-bond acceptors (Lipinski definition) is 6. The van der Waals surface area contributed by atoms with Crippen LogP contribution in [0, 0.1) is 0 Å². The Balaban J connectivity index is 1.66. The van der Waals surface area contributed by atoms with Gasteiger partial charge in [0.25, 0.3) is 0 Å². The largest absolute Gasteiger partial charge is 0.497 e. The summed E-state index contributed by atoms with van der Waals surface area (Å²) in [4.78, 5) is 9.00. The van der Waals surface area contributed by atoms with Gasteiger partial charge in [-0.05, 0) is 17.7 Å². The van der Waals surface area contributed by atoms with Gasteiger partial charge in [-0.25, -0.2) is 4.99 Å². The van der Waals surface area contributed by atoms with Gasteiger partial charge in [0, 0.05) is 5.56 Å². The Hall–Kier alpha value is -3.35. The van der Waals surface area contributed by atoms with Gasteiger partial charge >= 0.3 is 0 Å². The number of fused-ring (bicyclic) bond motifs is 1. The van der Waals surface area contributed by atoms with Crippen molar-refractivity contribution in [2.24, 2.45) is 10.7 Å². The first-order valence-electron chi connectivity index (χ1n) is 7.51. The molecule has 1 aliphatic rings. The number of nitrogens with one attached hydrogen (secondary N) is 1. The number of aromatic nitrogens is 3. The number of nitrogens with zero attached hydrogens (tertiary/aromatic N) is 4. The normalized spacial score (nSPS) is 16.0. The first kappa shape index (κ1) is 14.3. The van der Waals surface area contributed by atoms with Crippen LogP contribution >= 0.6 is 0 Å². The van der Waals surface area contributed by atoms with E-state index in [0.29, 0.717) is 17.7 Å². The van der Waals surface area contributed by atoms with Crippen molar-refractivity contribution in [3.8, 4) is 17.1 Å². The van der Waals surface area contributed by atoms with Crippen molar-refractivity contribution < 1.29 is 4.74 Å². The zero-order valence-corrected chi connectivity index (χ0v) is 13.0. The van der Waals surface area contributed by atoms with E-state index in [-0.39, 0.29) is 6.17 Å². The van der Waals surface area contributed by atoms with Gasteiger partial charge in [0.05, 0.1) is 7.11 Å². The van der Waals surface area contributed by atoms with Crippen LogP contribution in [0.2, 0.25) is 0 Å². The molecule has 1 unspecified atom stereocenters. The van der Waals surface area contributed by atoms with Gasteiger partial charge in [-0.15, -0.1) is 5.10 Å². The van der Waals surface area contributed by atoms with Crippen LogP contribution in [0.3, 0.4) is 0 Å². The topological polar surface area (TPSA) is 90.4 Å². The van der Waals surface area contributed by atoms with E-state index in [2.05, 4.69) is 20.4 Å². The summed E-state index contributed by atoms with van der Waals surface area (Å²) in [5.74, 6) is 2.27. The fourth-order valence-corrected chi connectivity index (χ4v) is 2.56. The molecule has 0 saturated carbocycles. The molecule has 24 heavy (non-hydrogen) atoms. The molecule has 4 rings (SSSR count). The summed E-state index contributed by atoms with van der Waals surface area (Å²) in [6.45, 7) is 0. The third-order valence-electron chi connectivity index (χ3n) is 3.81. The van der Waals surface area contributed by atoms with Crippen molar-refractivity contribution in [1.29, 1.82) is 0 Å². The van der Waals surface area contributed by atoms with E-state index in [9.17, 15) is 0 Å². The number of anilines is 1. The minimum atomic E-state index is -0.309. The van der Waals surface area contributed by atoms with E-state index >= 15 is 0 Å². The minimum absolute atomic E-state index is 0.305. The fraction of sp³-hybridized carbons (Fsp3) is 0.118. The molecule has 1 aromatic heterocycles. The Morgan fingerprint density at radius 1 is 1.08 bits per heavy atom. The Morgan fingerprint density at radius 3 is 2.54 bits per heavy atom. The van der Waals surface area contributed by atoms with Crippen LogP contribution in [0.25, 0.3) is 11.4 Å². The molecule has 1 atom stereocenters. The predicted octanol–water partition coefficient (Wildman–Crippen LogP) is 2.24. The second-order valence-corrected chi connectivity index (χ2v) is 5.34. The number of ether oxygens (including phenoxy) is 1. The molecular weight excluding hydrogens is 304 g/mol. The number of methoxy groups -OCH3 is 1. The molecular formula is C17H16N6O. The third kappa shape index (κ3) is 2.45. The predicted molar refractivity (Wildman–Crippen MR) is 91.8 cm³/mol. The summed E-state index contributed by atoms with van der Waals surface area (Å²) < 4.78 is 6.70. The van der Waals surface area contributed by atoms with E-state index in [1.807, 2.05) is 54.6 Å². The smallest absolute Gasteiger partial charge is 0.231 e. The van der Waals surface area contributed by atoms with Crippen LogP contribution in [0.15, 0.2) is 59.6 Å². The van der Waals surface area contributed by atoms with Gasteiger partial charge in [-0.1, -0.05) is 42.5 Å². The molecule has 0 saturated heterocycles. The molecule has 0 fully saturated rings. The molecule has 0 aliphatic carbocycles. The fourth-order valence-electron chi connectivity index (χ4n) is 2.56. The van der Waals surface area contributed by atoms with Crippen molar-refractivity contribution >= 4 is 11.9 Å². The molecule has 0 amide bonds. The molecule has 0 spiro atoms. The Morgan fingerprint density at radius 2 is 1.83 bits per heavy atom. The van der Waals surface area contributed by atoms with Crippen molar-refractivity contribution in [3.63, 3.8) is 0 Å². The second-order valence-electron chi connectivity index (χ2n) is 5.34. The molecule has 3 N–H and O–H groups in total. The van der Waals surface area contributed by atoms with Crippen LogP contribution in [0.5, 0.6) is 5.75 Å². The second kappa shape index (κ2) is 5.69. The number of hydrogen-bond donors (Lipinski definition) is 2. The molecule has 2 aromatic carbocycles. The van der Waals surface area contributed by atoms with Gasteiger partial charge in [0.1, 0.15) is 5.75 Å². The molecule has 120 valence electrons. The van der Waals surface area contributed by atoms with Crippen molar-refractivity contribution in [3.05, 3.63) is 60.2 Å². The summed E-state index contributed by atoms with van der Waals surface area (Å²) in [5, 5.41) is 7.68. The average molecular weight is 320 g/mol. The third-order valence-corrected chi connectivity index (χ3v) is 3.81. The highest BCUT2D eigenvalue weighted by Crippen LogP contribution is 2.27. The van der Waals surface area contributed by atoms with E-state index in [0.717, 1.165) is 16.9 Å². The molecule has 7 nitrogen and oxygen atoms in total. The summed E-state index contributed by atoms with van der Waals surface area (Å²) in [5.41, 5.74) is 7.96. The Kier molecular flexibility index (Phi) is 3.38. The lowest BCUT2D eigenvalue weighted by Crippen LogP contribution is -2.32. The Labute approximate surface area is 138 Å². The first-order valence-corrected chi connectivity index (χ1v) is 7.51. The van der Waals surface area contributed by atoms with Crippen LogP contribution in [0.4, 0.5) is 5.95 Å². The summed E-state index contributed by atoms with van der Waals surface area (Å²) >= 11 is 0. The molecule has 0 radical (unpaired) electrons. The van der Waals surface area contributed by atoms with E-state index in [1.165, 1.54) is 4.68 Å². The molecule has 0 bridgehead atoms. The van der Waals surface area contributed by atoms with Gasteiger partial charge in [0.15, 0.2) is 12.0 Å². The van der Waals surface area contributed by atoms with Crippen LogP contribution < -0.4 is 15.8 Å². The van der Waals surface area contributed by atoms with E-state index in [1.54, 1.807) is 7.11 Å². The van der Waals surface area contributed by atoms with Gasteiger partial charge < -0.3 is 15.8 Å². The van der Waals surface area contributed by atoms with Crippen molar-refractivity contribution in [2.45, 2.75) is 6.17 Å². The zero-order chi connectivity index (χ0) is 16.5. The monoisotopic (exact) mass is 320 g/mol. The maximum Gasteiger partial charge on any atom is 0.231 e. The lowest BCUT2D eigenvalue weighted by molar-refractivity contribution is 0.414.